The summed E-state index contributed by atoms with van der Waals surface area (Å²) in [4.78, 5) is 4.38. The Labute approximate surface area is 163 Å². The number of alkyl halides is 3. The molecule has 28 heavy (non-hydrogen) atoms. The van der Waals surface area contributed by atoms with Crippen molar-refractivity contribution in [1.82, 2.24) is 25.2 Å². The van der Waals surface area contributed by atoms with Gasteiger partial charge in [0.15, 0.2) is 0 Å². The number of halogens is 3. The van der Waals surface area contributed by atoms with Crippen LogP contribution in [0.25, 0.3) is 0 Å². The highest BCUT2D eigenvalue weighted by Crippen LogP contribution is 2.33. The first-order valence-corrected chi connectivity index (χ1v) is 9.49. The van der Waals surface area contributed by atoms with Crippen LogP contribution in [-0.2, 0) is 19.3 Å². The fraction of sp³-hybridized carbons (Fsp3) is 0.579. The third kappa shape index (κ3) is 5.02. The number of hydrogen-bond acceptors (Lipinski definition) is 5. The number of likely N-dealkylation sites (N-methyl/N-ethyl adjacent to an activating group) is 1. The zero-order chi connectivity index (χ0) is 20.3. The minimum atomic E-state index is -4.35. The van der Waals surface area contributed by atoms with E-state index in [9.17, 15) is 13.2 Å². The predicted molar refractivity (Wildman–Crippen MR) is 102 cm³/mol. The highest BCUT2D eigenvalue weighted by Gasteiger charge is 2.31. The standard InChI is InChI=1S/C19H27F3N6/c1-14(2)28-13-17(24-25-28)12-23-11-15-10-16(19(20,21)22)4-5-18(15)27-8-6-26(3)7-9-27/h4-5,10,13-14,23H,6-9,11-12H2,1-3H3. The van der Waals surface area contributed by atoms with Crippen LogP contribution in [-0.4, -0.2) is 53.1 Å². The van der Waals surface area contributed by atoms with E-state index in [1.165, 1.54) is 12.1 Å². The summed E-state index contributed by atoms with van der Waals surface area (Å²) in [6, 6.07) is 4.24. The predicted octanol–water partition coefficient (Wildman–Crippen LogP) is 2.92. The molecule has 0 saturated carbocycles. The second kappa shape index (κ2) is 8.48. The summed E-state index contributed by atoms with van der Waals surface area (Å²) in [5.74, 6) is 0. The summed E-state index contributed by atoms with van der Waals surface area (Å²) in [5.41, 5.74) is 1.66. The smallest absolute Gasteiger partial charge is 0.369 e. The fourth-order valence-corrected chi connectivity index (χ4v) is 3.23. The van der Waals surface area contributed by atoms with Crippen LogP contribution in [0.3, 0.4) is 0 Å². The molecular formula is C19H27F3N6. The molecule has 2 heterocycles. The summed E-state index contributed by atoms with van der Waals surface area (Å²) in [6.07, 6.45) is -2.50. The van der Waals surface area contributed by atoms with E-state index in [-0.39, 0.29) is 6.04 Å². The highest BCUT2D eigenvalue weighted by atomic mass is 19.4. The maximum atomic E-state index is 13.2. The van der Waals surface area contributed by atoms with Gasteiger partial charge < -0.3 is 15.1 Å². The molecule has 1 aromatic carbocycles. The number of piperazine rings is 1. The molecule has 0 unspecified atom stereocenters. The summed E-state index contributed by atoms with van der Waals surface area (Å²) < 4.78 is 41.4. The Morgan fingerprint density at radius 2 is 1.82 bits per heavy atom. The van der Waals surface area contributed by atoms with Crippen LogP contribution < -0.4 is 10.2 Å². The first kappa shape index (κ1) is 20.6. The largest absolute Gasteiger partial charge is 0.416 e. The van der Waals surface area contributed by atoms with E-state index >= 15 is 0 Å². The lowest BCUT2D eigenvalue weighted by Gasteiger charge is -2.35. The molecule has 1 aliphatic rings. The van der Waals surface area contributed by atoms with Crippen molar-refractivity contribution in [1.29, 1.82) is 0 Å². The van der Waals surface area contributed by atoms with E-state index in [4.69, 9.17) is 0 Å². The molecule has 6 nitrogen and oxygen atoms in total. The summed E-state index contributed by atoms with van der Waals surface area (Å²) in [5, 5.41) is 11.4. The molecule has 1 aromatic heterocycles. The van der Waals surface area contributed by atoms with Crippen LogP contribution in [0.4, 0.5) is 18.9 Å². The number of hydrogen-bond donors (Lipinski definition) is 1. The molecule has 1 saturated heterocycles. The van der Waals surface area contributed by atoms with Gasteiger partial charge in [-0.05, 0) is 44.7 Å². The van der Waals surface area contributed by atoms with Gasteiger partial charge in [0.05, 0.1) is 17.5 Å². The lowest BCUT2D eigenvalue weighted by atomic mass is 10.1. The van der Waals surface area contributed by atoms with Gasteiger partial charge in [0, 0.05) is 51.0 Å². The van der Waals surface area contributed by atoms with Crippen LogP contribution in [0.15, 0.2) is 24.4 Å². The Bertz CT molecular complexity index is 778. The van der Waals surface area contributed by atoms with Gasteiger partial charge in [-0.15, -0.1) is 5.10 Å². The molecular weight excluding hydrogens is 369 g/mol. The van der Waals surface area contributed by atoms with Gasteiger partial charge in [-0.25, -0.2) is 4.68 Å². The molecule has 0 radical (unpaired) electrons. The molecule has 0 spiro atoms. The van der Waals surface area contributed by atoms with Crippen LogP contribution in [0, 0.1) is 0 Å². The van der Waals surface area contributed by atoms with Crippen molar-refractivity contribution in [3.8, 4) is 0 Å². The SMILES string of the molecule is CC(C)n1cc(CNCc2cc(C(F)(F)F)ccc2N2CCN(C)CC2)nn1. The van der Waals surface area contributed by atoms with E-state index in [0.717, 1.165) is 37.6 Å². The van der Waals surface area contributed by atoms with Gasteiger partial charge >= 0.3 is 6.18 Å². The molecule has 0 amide bonds. The lowest BCUT2D eigenvalue weighted by Crippen LogP contribution is -2.45. The molecule has 1 aliphatic heterocycles. The summed E-state index contributed by atoms with van der Waals surface area (Å²) >= 11 is 0. The van der Waals surface area contributed by atoms with Gasteiger partial charge in [-0.2, -0.15) is 13.2 Å². The van der Waals surface area contributed by atoms with Crippen LogP contribution >= 0.6 is 0 Å². The monoisotopic (exact) mass is 396 g/mol. The Balaban J connectivity index is 1.74. The van der Waals surface area contributed by atoms with E-state index < -0.39 is 11.7 Å². The third-order valence-electron chi connectivity index (χ3n) is 4.96. The highest BCUT2D eigenvalue weighted by molar-refractivity contribution is 5.56. The van der Waals surface area contributed by atoms with Crippen molar-refractivity contribution >= 4 is 5.69 Å². The first-order chi connectivity index (χ1) is 13.2. The minimum absolute atomic E-state index is 0.216. The molecule has 0 bridgehead atoms. The normalized spacial score (nSPS) is 16.2. The number of benzene rings is 1. The first-order valence-electron chi connectivity index (χ1n) is 9.49. The van der Waals surface area contributed by atoms with Crippen molar-refractivity contribution in [3.63, 3.8) is 0 Å². The second-order valence-corrected chi connectivity index (χ2v) is 7.52. The van der Waals surface area contributed by atoms with E-state index in [2.05, 4.69) is 32.5 Å². The number of rotatable bonds is 6. The van der Waals surface area contributed by atoms with Crippen LogP contribution in [0.1, 0.15) is 36.7 Å². The Morgan fingerprint density at radius 3 is 2.43 bits per heavy atom. The topological polar surface area (TPSA) is 49.2 Å². The zero-order valence-electron chi connectivity index (χ0n) is 16.5. The Kier molecular flexibility index (Phi) is 6.24. The fourth-order valence-electron chi connectivity index (χ4n) is 3.23. The van der Waals surface area contributed by atoms with Crippen molar-refractivity contribution in [2.24, 2.45) is 0 Å². The maximum Gasteiger partial charge on any atom is 0.416 e. The van der Waals surface area contributed by atoms with E-state index in [1.807, 2.05) is 20.0 Å². The average Bonchev–Trinajstić information content (AvgIpc) is 3.11. The molecule has 0 aliphatic carbocycles. The van der Waals surface area contributed by atoms with Crippen LogP contribution in [0.5, 0.6) is 0 Å². The second-order valence-electron chi connectivity index (χ2n) is 7.52. The summed E-state index contributed by atoms with van der Waals surface area (Å²) in [7, 11) is 2.05. The Morgan fingerprint density at radius 1 is 1.11 bits per heavy atom. The minimum Gasteiger partial charge on any atom is -0.369 e. The van der Waals surface area contributed by atoms with Crippen molar-refractivity contribution < 1.29 is 13.2 Å². The molecule has 0 atom stereocenters. The number of aromatic nitrogens is 3. The van der Waals surface area contributed by atoms with Gasteiger partial charge in [-0.3, -0.25) is 0 Å². The van der Waals surface area contributed by atoms with Crippen molar-refractivity contribution in [2.75, 3.05) is 38.1 Å². The van der Waals surface area contributed by atoms with Crippen LogP contribution in [0.2, 0.25) is 0 Å². The van der Waals surface area contributed by atoms with Crippen molar-refractivity contribution in [3.05, 3.63) is 41.2 Å². The van der Waals surface area contributed by atoms with Gasteiger partial charge in [0.2, 0.25) is 0 Å². The Hall–Kier alpha value is -2.13. The summed E-state index contributed by atoms with van der Waals surface area (Å²) in [6.45, 7) is 8.20. The molecule has 1 N–H and O–H groups in total. The molecule has 1 fully saturated rings. The molecule has 154 valence electrons. The zero-order valence-corrected chi connectivity index (χ0v) is 16.5. The molecule has 2 aromatic rings. The molecule has 3 rings (SSSR count). The number of nitrogens with zero attached hydrogens (tertiary/aromatic N) is 5. The van der Waals surface area contributed by atoms with Gasteiger partial charge in [-0.1, -0.05) is 5.21 Å². The average molecular weight is 396 g/mol. The third-order valence-corrected chi connectivity index (χ3v) is 4.96. The van der Waals surface area contributed by atoms with Gasteiger partial charge in [0.1, 0.15) is 0 Å². The quantitative estimate of drug-likeness (QED) is 0.814. The maximum absolute atomic E-state index is 13.2. The number of anilines is 1. The van der Waals surface area contributed by atoms with E-state index in [0.29, 0.717) is 18.7 Å². The van der Waals surface area contributed by atoms with E-state index in [1.54, 1.807) is 10.7 Å². The van der Waals surface area contributed by atoms with Gasteiger partial charge in [0.25, 0.3) is 0 Å². The number of nitrogens with one attached hydrogen (secondary N) is 1. The molecule has 9 heteroatoms. The lowest BCUT2D eigenvalue weighted by molar-refractivity contribution is -0.137. The van der Waals surface area contributed by atoms with Crippen molar-refractivity contribution in [2.45, 2.75) is 39.2 Å².